The number of rotatable bonds is 4. The Hall–Kier alpha value is -3.34. The maximum atomic E-state index is 13.3. The molecule has 1 heterocycles. The average Bonchev–Trinajstić information content (AvgIpc) is 3.00. The van der Waals surface area contributed by atoms with Crippen molar-refractivity contribution >= 4 is 16.9 Å². The van der Waals surface area contributed by atoms with Crippen LogP contribution in [0.4, 0.5) is 13.2 Å². The van der Waals surface area contributed by atoms with E-state index in [1.807, 2.05) is 6.07 Å². The van der Waals surface area contributed by atoms with Gasteiger partial charge in [-0.3, -0.25) is 4.79 Å². The second-order valence-electron chi connectivity index (χ2n) is 6.03. The van der Waals surface area contributed by atoms with Gasteiger partial charge >= 0.3 is 6.18 Å². The quantitative estimate of drug-likeness (QED) is 0.757. The molecule has 138 valence electrons. The number of hydrogen-bond acceptors (Lipinski definition) is 3. The minimum Gasteiger partial charge on any atom is -0.348 e. The van der Waals surface area contributed by atoms with Crippen LogP contribution in [0, 0.1) is 11.3 Å². The molecule has 1 amide bonds. The molecule has 1 atom stereocenters. The van der Waals surface area contributed by atoms with Crippen LogP contribution in [0.1, 0.15) is 29.9 Å². The molecule has 8 heteroatoms. The number of alkyl halides is 3. The van der Waals surface area contributed by atoms with Crippen molar-refractivity contribution in [2.24, 2.45) is 0 Å². The van der Waals surface area contributed by atoms with Gasteiger partial charge in [-0.1, -0.05) is 24.3 Å². The van der Waals surface area contributed by atoms with E-state index in [1.54, 1.807) is 43.3 Å². The number of benzene rings is 2. The summed E-state index contributed by atoms with van der Waals surface area (Å²) >= 11 is 0. The van der Waals surface area contributed by atoms with E-state index < -0.39 is 30.5 Å². The molecule has 0 aliphatic carbocycles. The topological polar surface area (TPSA) is 70.7 Å². The van der Waals surface area contributed by atoms with E-state index in [-0.39, 0.29) is 11.0 Å². The molecule has 0 aliphatic heterocycles. The summed E-state index contributed by atoms with van der Waals surface area (Å²) in [7, 11) is 0. The number of para-hydroxylation sites is 2. The number of fused-ring (bicyclic) bond motifs is 1. The summed E-state index contributed by atoms with van der Waals surface area (Å²) in [6, 6.07) is 14.3. The van der Waals surface area contributed by atoms with Gasteiger partial charge in [0, 0.05) is 0 Å². The van der Waals surface area contributed by atoms with E-state index in [0.717, 1.165) is 10.1 Å². The van der Waals surface area contributed by atoms with E-state index in [2.05, 4.69) is 10.3 Å². The standard InChI is InChI=1S/C19H15F3N4O/c1-12(14-8-6-13(10-23)7-9-14)24-17(27)11-26-16-5-3-2-4-15(16)25-18(26)19(20,21)22/h2-9,12H,11H2,1H3,(H,24,27). The fourth-order valence-electron chi connectivity index (χ4n) is 2.81. The number of carbonyl (C=O) groups excluding carboxylic acids is 1. The van der Waals surface area contributed by atoms with E-state index in [0.29, 0.717) is 5.56 Å². The molecule has 2 aromatic carbocycles. The Kier molecular flexibility index (Phi) is 4.86. The van der Waals surface area contributed by atoms with Crippen molar-refractivity contribution in [1.29, 1.82) is 5.26 Å². The number of nitriles is 1. The number of hydrogen-bond donors (Lipinski definition) is 1. The van der Waals surface area contributed by atoms with Gasteiger partial charge in [-0.05, 0) is 36.8 Å². The Morgan fingerprint density at radius 1 is 1.22 bits per heavy atom. The zero-order chi connectivity index (χ0) is 19.6. The first-order valence-electron chi connectivity index (χ1n) is 8.11. The number of halogens is 3. The number of imidazole rings is 1. The Morgan fingerprint density at radius 2 is 1.89 bits per heavy atom. The Balaban J connectivity index is 1.82. The van der Waals surface area contributed by atoms with Crippen LogP contribution in [-0.2, 0) is 17.5 Å². The van der Waals surface area contributed by atoms with Gasteiger partial charge in [0.25, 0.3) is 0 Å². The van der Waals surface area contributed by atoms with E-state index in [1.165, 1.54) is 12.1 Å². The summed E-state index contributed by atoms with van der Waals surface area (Å²) in [4.78, 5) is 16.0. The molecular formula is C19H15F3N4O. The molecule has 0 bridgehead atoms. The molecule has 3 aromatic rings. The van der Waals surface area contributed by atoms with Gasteiger partial charge in [-0.15, -0.1) is 0 Å². The van der Waals surface area contributed by atoms with Crippen molar-refractivity contribution in [3.8, 4) is 6.07 Å². The van der Waals surface area contributed by atoms with E-state index in [4.69, 9.17) is 5.26 Å². The third-order valence-electron chi connectivity index (χ3n) is 4.13. The number of nitrogens with zero attached hydrogens (tertiary/aromatic N) is 3. The van der Waals surface area contributed by atoms with E-state index in [9.17, 15) is 18.0 Å². The van der Waals surface area contributed by atoms with Gasteiger partial charge < -0.3 is 9.88 Å². The number of aromatic nitrogens is 2. The summed E-state index contributed by atoms with van der Waals surface area (Å²) in [5.74, 6) is -1.68. The summed E-state index contributed by atoms with van der Waals surface area (Å²) < 4.78 is 40.8. The van der Waals surface area contributed by atoms with Crippen molar-refractivity contribution in [2.45, 2.75) is 25.7 Å². The molecule has 0 spiro atoms. The highest BCUT2D eigenvalue weighted by Gasteiger charge is 2.38. The fraction of sp³-hybridized carbons (Fsp3) is 0.211. The highest BCUT2D eigenvalue weighted by molar-refractivity contribution is 5.81. The van der Waals surface area contributed by atoms with Gasteiger partial charge in [0.2, 0.25) is 11.7 Å². The van der Waals surface area contributed by atoms with Crippen LogP contribution in [-0.4, -0.2) is 15.5 Å². The van der Waals surface area contributed by atoms with Gasteiger partial charge in [0.05, 0.1) is 28.7 Å². The maximum absolute atomic E-state index is 13.3. The second-order valence-corrected chi connectivity index (χ2v) is 6.03. The zero-order valence-electron chi connectivity index (χ0n) is 14.3. The summed E-state index contributed by atoms with van der Waals surface area (Å²) in [5, 5.41) is 11.5. The van der Waals surface area contributed by atoms with Gasteiger partial charge in [-0.25, -0.2) is 4.98 Å². The third-order valence-corrected chi connectivity index (χ3v) is 4.13. The van der Waals surface area contributed by atoms with Crippen LogP contribution in [0.15, 0.2) is 48.5 Å². The molecule has 1 aromatic heterocycles. The number of carbonyl (C=O) groups is 1. The fourth-order valence-corrected chi connectivity index (χ4v) is 2.81. The monoisotopic (exact) mass is 372 g/mol. The molecule has 0 saturated heterocycles. The third kappa shape index (κ3) is 3.92. The molecule has 5 nitrogen and oxygen atoms in total. The Labute approximate surface area is 153 Å². The van der Waals surface area contributed by atoms with E-state index >= 15 is 0 Å². The maximum Gasteiger partial charge on any atom is 0.449 e. The van der Waals surface area contributed by atoms with Crippen molar-refractivity contribution < 1.29 is 18.0 Å². The molecule has 3 rings (SSSR count). The number of nitrogens with one attached hydrogen (secondary N) is 1. The van der Waals surface area contributed by atoms with Crippen LogP contribution < -0.4 is 5.32 Å². The lowest BCUT2D eigenvalue weighted by atomic mass is 10.1. The Morgan fingerprint density at radius 3 is 2.52 bits per heavy atom. The lowest BCUT2D eigenvalue weighted by Gasteiger charge is -2.16. The van der Waals surface area contributed by atoms with Crippen LogP contribution in [0.5, 0.6) is 0 Å². The van der Waals surface area contributed by atoms with Crippen molar-refractivity contribution in [1.82, 2.24) is 14.9 Å². The first kappa shape index (κ1) is 18.5. The smallest absolute Gasteiger partial charge is 0.348 e. The molecule has 0 saturated carbocycles. The molecule has 1 N–H and O–H groups in total. The highest BCUT2D eigenvalue weighted by atomic mass is 19.4. The zero-order valence-corrected chi connectivity index (χ0v) is 14.3. The predicted octanol–water partition coefficient (Wildman–Crippen LogP) is 3.80. The predicted molar refractivity (Wildman–Crippen MR) is 92.4 cm³/mol. The molecular weight excluding hydrogens is 357 g/mol. The molecule has 0 aliphatic rings. The first-order chi connectivity index (χ1) is 12.8. The average molecular weight is 372 g/mol. The largest absolute Gasteiger partial charge is 0.449 e. The SMILES string of the molecule is CC(NC(=O)Cn1c(C(F)(F)F)nc2ccccc21)c1ccc(C#N)cc1. The van der Waals surface area contributed by atoms with Gasteiger partial charge in [0.15, 0.2) is 0 Å². The highest BCUT2D eigenvalue weighted by Crippen LogP contribution is 2.31. The minimum absolute atomic E-state index is 0.178. The molecule has 27 heavy (non-hydrogen) atoms. The lowest BCUT2D eigenvalue weighted by Crippen LogP contribution is -2.31. The first-order valence-corrected chi connectivity index (χ1v) is 8.11. The van der Waals surface area contributed by atoms with Crippen LogP contribution >= 0.6 is 0 Å². The van der Waals surface area contributed by atoms with Crippen molar-refractivity contribution in [3.63, 3.8) is 0 Å². The van der Waals surface area contributed by atoms with Crippen LogP contribution in [0.25, 0.3) is 11.0 Å². The Bertz CT molecular complexity index is 1020. The molecule has 0 fully saturated rings. The lowest BCUT2D eigenvalue weighted by molar-refractivity contribution is -0.147. The van der Waals surface area contributed by atoms with Crippen LogP contribution in [0.2, 0.25) is 0 Å². The molecule has 1 unspecified atom stereocenters. The van der Waals surface area contributed by atoms with Crippen molar-refractivity contribution in [2.75, 3.05) is 0 Å². The molecule has 0 radical (unpaired) electrons. The summed E-state index contributed by atoms with van der Waals surface area (Å²) in [5.41, 5.74) is 1.65. The van der Waals surface area contributed by atoms with Crippen molar-refractivity contribution in [3.05, 3.63) is 65.5 Å². The minimum atomic E-state index is -4.67. The van der Waals surface area contributed by atoms with Gasteiger partial charge in [-0.2, -0.15) is 18.4 Å². The summed E-state index contributed by atoms with van der Waals surface area (Å²) in [6.45, 7) is 1.21. The van der Waals surface area contributed by atoms with Crippen LogP contribution in [0.3, 0.4) is 0 Å². The van der Waals surface area contributed by atoms with Gasteiger partial charge in [0.1, 0.15) is 6.54 Å². The summed E-state index contributed by atoms with van der Waals surface area (Å²) in [6.07, 6.45) is -4.67. The number of amides is 1. The second kappa shape index (κ2) is 7.11. The normalized spacial score (nSPS) is 12.6.